The highest BCUT2D eigenvalue weighted by Crippen LogP contribution is 2.42. The molecule has 0 amide bonds. The number of nitriles is 1. The zero-order valence-electron chi connectivity index (χ0n) is 19.4. The van der Waals surface area contributed by atoms with Gasteiger partial charge in [-0.2, -0.15) is 5.26 Å². The molecular formula is C31H23N2O+. The smallest absolute Gasteiger partial charge is 0.216 e. The summed E-state index contributed by atoms with van der Waals surface area (Å²) in [5.41, 5.74) is 8.60. The third kappa shape index (κ3) is 3.00. The topological polar surface area (TPSA) is 40.8 Å². The molecule has 0 saturated heterocycles. The molecule has 3 nitrogen and oxygen atoms in total. The van der Waals surface area contributed by atoms with E-state index < -0.39 is 0 Å². The monoisotopic (exact) mass is 439 g/mol. The summed E-state index contributed by atoms with van der Waals surface area (Å²) in [4.78, 5) is 0. The average Bonchev–Trinajstić information content (AvgIpc) is 3.23. The van der Waals surface area contributed by atoms with Crippen molar-refractivity contribution in [1.29, 1.82) is 5.26 Å². The van der Waals surface area contributed by atoms with Gasteiger partial charge in [-0.05, 0) is 59.5 Å². The van der Waals surface area contributed by atoms with Crippen molar-refractivity contribution in [3.8, 4) is 28.5 Å². The predicted octanol–water partition coefficient (Wildman–Crippen LogP) is 7.39. The first-order valence-corrected chi connectivity index (χ1v) is 11.4. The van der Waals surface area contributed by atoms with E-state index in [1.165, 1.54) is 10.9 Å². The van der Waals surface area contributed by atoms with Crippen LogP contribution in [0, 0.1) is 25.2 Å². The minimum atomic E-state index is 0.612. The summed E-state index contributed by atoms with van der Waals surface area (Å²) in [6.45, 7) is 4.23. The molecule has 2 heterocycles. The van der Waals surface area contributed by atoms with Crippen LogP contribution >= 0.6 is 0 Å². The van der Waals surface area contributed by atoms with Gasteiger partial charge in [-0.1, -0.05) is 48.5 Å². The van der Waals surface area contributed by atoms with Gasteiger partial charge in [-0.25, -0.2) is 4.57 Å². The molecule has 0 unspecified atom stereocenters. The second kappa shape index (κ2) is 7.57. The number of nitrogens with zero attached hydrogens (tertiary/aromatic N) is 2. The molecule has 0 atom stereocenters. The Balaban J connectivity index is 1.72. The van der Waals surface area contributed by atoms with E-state index in [-0.39, 0.29) is 0 Å². The molecule has 162 valence electrons. The third-order valence-electron chi connectivity index (χ3n) is 6.74. The van der Waals surface area contributed by atoms with E-state index in [0.29, 0.717) is 5.56 Å². The second-order valence-electron chi connectivity index (χ2n) is 8.97. The first-order chi connectivity index (χ1) is 16.5. The van der Waals surface area contributed by atoms with E-state index in [9.17, 15) is 5.26 Å². The SMILES string of the molecule is Cc1cc[n+](C)c(-c2c(C)ccc3c2oc2c(-c4ccc5ccccc5c4)c(C#N)ccc23)c1. The highest BCUT2D eigenvalue weighted by atomic mass is 16.3. The van der Waals surface area contributed by atoms with Gasteiger partial charge < -0.3 is 4.42 Å². The Bertz CT molecular complexity index is 1800. The van der Waals surface area contributed by atoms with Gasteiger partial charge in [-0.3, -0.25) is 0 Å². The number of fused-ring (bicyclic) bond motifs is 4. The summed E-state index contributed by atoms with van der Waals surface area (Å²) < 4.78 is 8.82. The average molecular weight is 440 g/mol. The van der Waals surface area contributed by atoms with Crippen LogP contribution < -0.4 is 4.57 Å². The summed E-state index contributed by atoms with van der Waals surface area (Å²) >= 11 is 0. The minimum absolute atomic E-state index is 0.612. The largest absolute Gasteiger partial charge is 0.454 e. The molecule has 34 heavy (non-hydrogen) atoms. The predicted molar refractivity (Wildman–Crippen MR) is 137 cm³/mol. The first kappa shape index (κ1) is 20.2. The Hall–Kier alpha value is -4.42. The van der Waals surface area contributed by atoms with Crippen LogP contribution in [-0.4, -0.2) is 0 Å². The summed E-state index contributed by atoms with van der Waals surface area (Å²) in [6, 6.07) is 29.5. The van der Waals surface area contributed by atoms with Crippen LogP contribution in [0.25, 0.3) is 55.1 Å². The Labute approximate surface area is 198 Å². The van der Waals surface area contributed by atoms with Crippen molar-refractivity contribution < 1.29 is 8.98 Å². The minimum Gasteiger partial charge on any atom is -0.454 e. The molecule has 0 fully saturated rings. The molecule has 0 bridgehead atoms. The number of rotatable bonds is 2. The molecule has 0 saturated carbocycles. The van der Waals surface area contributed by atoms with Crippen molar-refractivity contribution in [2.24, 2.45) is 7.05 Å². The molecule has 4 aromatic carbocycles. The van der Waals surface area contributed by atoms with Gasteiger partial charge in [-0.15, -0.1) is 0 Å². The molecule has 6 aromatic rings. The lowest BCUT2D eigenvalue weighted by Gasteiger charge is -2.07. The van der Waals surface area contributed by atoms with Gasteiger partial charge in [0.1, 0.15) is 18.2 Å². The number of aromatic nitrogens is 1. The fraction of sp³-hybridized carbons (Fsp3) is 0.0968. The van der Waals surface area contributed by atoms with E-state index in [1.807, 2.05) is 24.3 Å². The number of hydrogen-bond acceptors (Lipinski definition) is 2. The molecule has 6 rings (SSSR count). The third-order valence-corrected chi connectivity index (χ3v) is 6.74. The Morgan fingerprint density at radius 1 is 0.765 bits per heavy atom. The van der Waals surface area contributed by atoms with Crippen molar-refractivity contribution in [3.05, 3.63) is 102 Å². The van der Waals surface area contributed by atoms with E-state index in [2.05, 4.69) is 92.3 Å². The molecule has 0 aliphatic rings. The van der Waals surface area contributed by atoms with Gasteiger partial charge in [0, 0.05) is 28.5 Å². The fourth-order valence-electron chi connectivity index (χ4n) is 4.97. The van der Waals surface area contributed by atoms with Gasteiger partial charge in [0.15, 0.2) is 6.20 Å². The van der Waals surface area contributed by atoms with Crippen molar-refractivity contribution in [3.63, 3.8) is 0 Å². The number of pyridine rings is 1. The molecule has 0 N–H and O–H groups in total. The fourth-order valence-corrected chi connectivity index (χ4v) is 4.97. The molecule has 0 spiro atoms. The Morgan fingerprint density at radius 2 is 1.50 bits per heavy atom. The van der Waals surface area contributed by atoms with Crippen LogP contribution in [0.1, 0.15) is 16.7 Å². The maximum absolute atomic E-state index is 9.98. The lowest BCUT2D eigenvalue weighted by atomic mass is 9.94. The first-order valence-electron chi connectivity index (χ1n) is 11.4. The number of furan rings is 1. The van der Waals surface area contributed by atoms with Crippen LogP contribution in [0.3, 0.4) is 0 Å². The summed E-state index contributed by atoms with van der Waals surface area (Å²) in [7, 11) is 2.06. The lowest BCUT2D eigenvalue weighted by molar-refractivity contribution is -0.660. The number of aryl methyl sites for hydroxylation is 3. The maximum Gasteiger partial charge on any atom is 0.216 e. The number of hydrogen-bond donors (Lipinski definition) is 0. The van der Waals surface area contributed by atoms with E-state index in [1.54, 1.807) is 0 Å². The van der Waals surface area contributed by atoms with Gasteiger partial charge in [0.25, 0.3) is 0 Å². The van der Waals surface area contributed by atoms with Crippen molar-refractivity contribution in [2.75, 3.05) is 0 Å². The maximum atomic E-state index is 9.98. The molecule has 0 radical (unpaired) electrons. The van der Waals surface area contributed by atoms with Crippen molar-refractivity contribution >= 4 is 32.7 Å². The molecule has 3 heteroatoms. The van der Waals surface area contributed by atoms with Crippen LogP contribution in [0.15, 0.2) is 89.5 Å². The highest BCUT2D eigenvalue weighted by molar-refractivity contribution is 6.14. The highest BCUT2D eigenvalue weighted by Gasteiger charge is 2.23. The van der Waals surface area contributed by atoms with Crippen LogP contribution in [-0.2, 0) is 7.05 Å². The normalized spacial score (nSPS) is 11.4. The molecular weight excluding hydrogens is 416 g/mol. The molecule has 2 aromatic heterocycles. The number of benzene rings is 4. The summed E-state index contributed by atoms with van der Waals surface area (Å²) in [6.07, 6.45) is 2.08. The van der Waals surface area contributed by atoms with Crippen molar-refractivity contribution in [1.82, 2.24) is 0 Å². The summed E-state index contributed by atoms with van der Waals surface area (Å²) in [5.74, 6) is 0. The quantitative estimate of drug-likeness (QED) is 0.264. The Morgan fingerprint density at radius 3 is 2.29 bits per heavy atom. The lowest BCUT2D eigenvalue weighted by Crippen LogP contribution is -2.30. The second-order valence-corrected chi connectivity index (χ2v) is 8.97. The van der Waals surface area contributed by atoms with E-state index in [4.69, 9.17) is 4.42 Å². The van der Waals surface area contributed by atoms with Gasteiger partial charge in [0.2, 0.25) is 5.69 Å². The van der Waals surface area contributed by atoms with E-state index >= 15 is 0 Å². The van der Waals surface area contributed by atoms with Crippen molar-refractivity contribution in [2.45, 2.75) is 13.8 Å². The van der Waals surface area contributed by atoms with Crippen LogP contribution in [0.2, 0.25) is 0 Å². The Kier molecular flexibility index (Phi) is 4.50. The van der Waals surface area contributed by atoms with Crippen LogP contribution in [0.4, 0.5) is 0 Å². The van der Waals surface area contributed by atoms with E-state index in [0.717, 1.165) is 55.3 Å². The van der Waals surface area contributed by atoms with Gasteiger partial charge in [0.05, 0.1) is 17.2 Å². The molecule has 0 aliphatic carbocycles. The van der Waals surface area contributed by atoms with Crippen LogP contribution in [0.5, 0.6) is 0 Å². The zero-order valence-corrected chi connectivity index (χ0v) is 19.4. The zero-order chi connectivity index (χ0) is 23.4. The van der Waals surface area contributed by atoms with Gasteiger partial charge >= 0.3 is 0 Å². The molecule has 0 aliphatic heterocycles. The summed E-state index contributed by atoms with van der Waals surface area (Å²) in [5, 5.41) is 14.4. The standard InChI is InChI=1S/C31H23N2O/c1-19-14-15-33(3)27(16-19)28-20(2)8-12-25-26-13-11-24(18-32)29(31(26)34-30(25)28)23-10-9-21-6-4-5-7-22(21)17-23/h4-17H,1-3H3/q+1.